The zero-order valence-corrected chi connectivity index (χ0v) is 19.6. The van der Waals surface area contributed by atoms with E-state index in [0.29, 0.717) is 22.2 Å². The van der Waals surface area contributed by atoms with Gasteiger partial charge < -0.3 is 4.57 Å². The van der Waals surface area contributed by atoms with E-state index in [0.717, 1.165) is 11.1 Å². The third-order valence-electron chi connectivity index (χ3n) is 5.39. The molecule has 4 aromatic rings. The number of nitrogens with zero attached hydrogens (tertiary/aromatic N) is 2. The van der Waals surface area contributed by atoms with E-state index >= 15 is 0 Å². The fourth-order valence-corrected chi connectivity index (χ4v) is 4.30. The van der Waals surface area contributed by atoms with Crippen LogP contribution in [0.5, 0.6) is 0 Å². The first-order valence-corrected chi connectivity index (χ1v) is 11.9. The number of pyridine rings is 1. The number of benzene rings is 2. The second-order valence-corrected chi connectivity index (χ2v) is 9.61. The Kier molecular flexibility index (Phi) is 6.18. The maximum atomic E-state index is 13.1. The van der Waals surface area contributed by atoms with Gasteiger partial charge in [-0.3, -0.25) is 20.4 Å². The zero-order chi connectivity index (χ0) is 24.5. The molecule has 0 aliphatic carbocycles. The Morgan fingerprint density at radius 2 is 1.62 bits per heavy atom. The van der Waals surface area contributed by atoms with Crippen molar-refractivity contribution in [3.8, 4) is 11.3 Å². The number of rotatable bonds is 5. The summed E-state index contributed by atoms with van der Waals surface area (Å²) in [6, 6.07) is 17.9. The molecular formula is C24H23N5O4S. The summed E-state index contributed by atoms with van der Waals surface area (Å²) in [7, 11) is -0.890. The number of para-hydroxylation sites is 1. The Hall–Kier alpha value is -4.02. The van der Waals surface area contributed by atoms with Gasteiger partial charge in [-0.1, -0.05) is 48.0 Å². The van der Waals surface area contributed by atoms with Crippen molar-refractivity contribution in [1.29, 1.82) is 0 Å². The lowest BCUT2D eigenvalue weighted by atomic mass is 10.0. The average Bonchev–Trinajstić information content (AvgIpc) is 3.24. The summed E-state index contributed by atoms with van der Waals surface area (Å²) in [4.78, 5) is 30.3. The number of carbonyl (C=O) groups is 2. The van der Waals surface area contributed by atoms with E-state index in [2.05, 4.69) is 20.6 Å². The number of hydrogen-bond donors (Lipinski definition) is 3. The van der Waals surface area contributed by atoms with Crippen molar-refractivity contribution >= 4 is 32.7 Å². The topological polar surface area (TPSA) is 122 Å². The number of sulfonamides is 1. The Morgan fingerprint density at radius 1 is 0.941 bits per heavy atom. The minimum atomic E-state index is -3.71. The molecule has 0 fully saturated rings. The van der Waals surface area contributed by atoms with Crippen molar-refractivity contribution in [2.45, 2.75) is 11.8 Å². The highest BCUT2D eigenvalue weighted by molar-refractivity contribution is 7.89. The van der Waals surface area contributed by atoms with E-state index in [1.807, 2.05) is 43.3 Å². The van der Waals surface area contributed by atoms with E-state index in [4.69, 9.17) is 0 Å². The van der Waals surface area contributed by atoms with Crippen molar-refractivity contribution in [1.82, 2.24) is 25.1 Å². The molecule has 2 aromatic heterocycles. The Balaban J connectivity index is 1.61. The van der Waals surface area contributed by atoms with Crippen LogP contribution in [0.2, 0.25) is 0 Å². The maximum Gasteiger partial charge on any atom is 0.286 e. The highest BCUT2D eigenvalue weighted by atomic mass is 32.2. The summed E-state index contributed by atoms with van der Waals surface area (Å²) in [5.74, 6) is -1.19. The Labute approximate surface area is 196 Å². The SMILES string of the molecule is CNS(=O)(=O)c1cc(C(=O)NNC(=O)c2cc(-c3ccc(C)cc3)nc3ccccc23)n(C)c1. The van der Waals surface area contributed by atoms with Crippen molar-refractivity contribution < 1.29 is 18.0 Å². The summed E-state index contributed by atoms with van der Waals surface area (Å²) in [6.07, 6.45) is 1.31. The smallest absolute Gasteiger partial charge is 0.286 e. The van der Waals surface area contributed by atoms with Crippen molar-refractivity contribution in [2.24, 2.45) is 7.05 Å². The molecule has 0 saturated carbocycles. The molecule has 0 bridgehead atoms. The van der Waals surface area contributed by atoms with Crippen LogP contribution in [-0.4, -0.2) is 36.8 Å². The molecule has 0 saturated heterocycles. The van der Waals surface area contributed by atoms with Crippen LogP contribution in [0.4, 0.5) is 0 Å². The van der Waals surface area contributed by atoms with E-state index in [1.165, 1.54) is 30.9 Å². The minimum Gasteiger partial charge on any atom is -0.345 e. The molecular weight excluding hydrogens is 454 g/mol. The molecule has 2 heterocycles. The first-order chi connectivity index (χ1) is 16.2. The number of hydrogen-bond acceptors (Lipinski definition) is 5. The number of hydrazine groups is 1. The summed E-state index contributed by atoms with van der Waals surface area (Å²) >= 11 is 0. The molecule has 3 N–H and O–H groups in total. The molecule has 174 valence electrons. The molecule has 0 spiro atoms. The van der Waals surface area contributed by atoms with Crippen LogP contribution in [0.3, 0.4) is 0 Å². The van der Waals surface area contributed by atoms with Crippen LogP contribution in [0.15, 0.2) is 71.8 Å². The fourth-order valence-electron chi connectivity index (χ4n) is 3.51. The molecule has 34 heavy (non-hydrogen) atoms. The Morgan fingerprint density at radius 3 is 2.32 bits per heavy atom. The van der Waals surface area contributed by atoms with Crippen LogP contribution < -0.4 is 15.6 Å². The van der Waals surface area contributed by atoms with Crippen LogP contribution >= 0.6 is 0 Å². The number of fused-ring (bicyclic) bond motifs is 1. The molecule has 9 nitrogen and oxygen atoms in total. The highest BCUT2D eigenvalue weighted by Crippen LogP contribution is 2.25. The number of carbonyl (C=O) groups excluding carboxylic acids is 2. The van der Waals surface area contributed by atoms with Crippen LogP contribution in [0, 0.1) is 6.92 Å². The highest BCUT2D eigenvalue weighted by Gasteiger charge is 2.20. The van der Waals surface area contributed by atoms with E-state index < -0.39 is 21.8 Å². The number of amides is 2. The van der Waals surface area contributed by atoms with E-state index in [9.17, 15) is 18.0 Å². The first-order valence-electron chi connectivity index (χ1n) is 10.4. The van der Waals surface area contributed by atoms with Gasteiger partial charge in [0.2, 0.25) is 10.0 Å². The number of aryl methyl sites for hydroxylation is 2. The summed E-state index contributed by atoms with van der Waals surface area (Å²) in [5, 5.41) is 0.631. The molecule has 10 heteroatoms. The summed E-state index contributed by atoms with van der Waals surface area (Å²) in [5.41, 5.74) is 8.41. The lowest BCUT2D eigenvalue weighted by Gasteiger charge is -2.12. The van der Waals surface area contributed by atoms with Crippen LogP contribution in [0.25, 0.3) is 22.2 Å². The number of nitrogens with one attached hydrogen (secondary N) is 3. The van der Waals surface area contributed by atoms with E-state index in [-0.39, 0.29) is 10.6 Å². The predicted octanol–water partition coefficient (Wildman–Crippen LogP) is 2.53. The van der Waals surface area contributed by atoms with Gasteiger partial charge in [0.1, 0.15) is 10.6 Å². The molecule has 4 rings (SSSR count). The minimum absolute atomic E-state index is 0.0585. The summed E-state index contributed by atoms with van der Waals surface area (Å²) < 4.78 is 27.6. The lowest BCUT2D eigenvalue weighted by Crippen LogP contribution is -2.42. The van der Waals surface area contributed by atoms with Gasteiger partial charge in [-0.2, -0.15) is 0 Å². The molecule has 0 unspecified atom stereocenters. The second kappa shape index (κ2) is 9.08. The first kappa shape index (κ1) is 23.1. The fraction of sp³-hybridized carbons (Fsp3) is 0.125. The van der Waals surface area contributed by atoms with Gasteiger partial charge in [0.15, 0.2) is 0 Å². The standard InChI is InChI=1S/C24H23N5O4S/c1-15-8-10-16(11-9-15)21-13-19(18-6-4-5-7-20(18)26-21)23(30)27-28-24(31)22-12-17(14-29(22)3)34(32,33)25-2/h4-14,25H,1-3H3,(H,27,30)(H,28,31). The normalized spacial score (nSPS) is 11.4. The number of aromatic nitrogens is 2. The zero-order valence-electron chi connectivity index (χ0n) is 18.8. The third kappa shape index (κ3) is 4.54. The van der Waals surface area contributed by atoms with Crippen molar-refractivity contribution in [3.63, 3.8) is 0 Å². The van der Waals surface area contributed by atoms with Crippen LogP contribution in [0.1, 0.15) is 26.4 Å². The third-order valence-corrected chi connectivity index (χ3v) is 6.77. The largest absolute Gasteiger partial charge is 0.345 e. The summed E-state index contributed by atoms with van der Waals surface area (Å²) in [6.45, 7) is 1.99. The monoisotopic (exact) mass is 477 g/mol. The average molecular weight is 478 g/mol. The molecule has 0 aliphatic heterocycles. The predicted molar refractivity (Wildman–Crippen MR) is 129 cm³/mol. The van der Waals surface area contributed by atoms with Gasteiger partial charge in [0.25, 0.3) is 11.8 Å². The quantitative estimate of drug-likeness (QED) is 0.381. The van der Waals surface area contributed by atoms with Gasteiger partial charge in [0, 0.05) is 24.2 Å². The van der Waals surface area contributed by atoms with Crippen molar-refractivity contribution in [2.75, 3.05) is 7.05 Å². The molecule has 0 atom stereocenters. The van der Waals surface area contributed by atoms with Gasteiger partial charge in [-0.25, -0.2) is 18.1 Å². The maximum absolute atomic E-state index is 13.1. The van der Waals surface area contributed by atoms with Gasteiger partial charge in [0.05, 0.1) is 16.8 Å². The van der Waals surface area contributed by atoms with Crippen LogP contribution in [-0.2, 0) is 17.1 Å². The Bertz CT molecular complexity index is 1510. The van der Waals surface area contributed by atoms with Gasteiger partial charge >= 0.3 is 0 Å². The molecule has 0 radical (unpaired) electrons. The van der Waals surface area contributed by atoms with E-state index in [1.54, 1.807) is 18.2 Å². The molecule has 2 aromatic carbocycles. The van der Waals surface area contributed by atoms with Crippen molar-refractivity contribution in [3.05, 3.63) is 83.7 Å². The molecule has 0 aliphatic rings. The van der Waals surface area contributed by atoms with Gasteiger partial charge in [-0.05, 0) is 32.2 Å². The molecule has 2 amide bonds. The lowest BCUT2D eigenvalue weighted by molar-refractivity contribution is 0.0843. The second-order valence-electron chi connectivity index (χ2n) is 7.73. The van der Waals surface area contributed by atoms with Gasteiger partial charge in [-0.15, -0.1) is 0 Å².